The Morgan fingerprint density at radius 1 is 0.903 bits per heavy atom. The summed E-state index contributed by atoms with van der Waals surface area (Å²) in [5, 5.41) is 2.65. The number of carbonyl (C=O) groups is 2. The topological polar surface area (TPSA) is 100 Å². The van der Waals surface area contributed by atoms with Crippen LogP contribution in [-0.4, -0.2) is 37.7 Å². The van der Waals surface area contributed by atoms with Crippen LogP contribution in [0.4, 0.5) is 4.79 Å². The monoisotopic (exact) mass is 449 g/mol. The predicted octanol–water partition coefficient (Wildman–Crippen LogP) is 4.92. The Balaban J connectivity index is 2.48. The zero-order valence-electron chi connectivity index (χ0n) is 18.2. The number of carbonyl (C=O) groups excluding carboxylic acids is 2. The average molecular weight is 449 g/mol. The van der Waals surface area contributed by atoms with Crippen LogP contribution in [0.25, 0.3) is 0 Å². The van der Waals surface area contributed by atoms with Gasteiger partial charge in [0.2, 0.25) is 5.85 Å². The van der Waals surface area contributed by atoms with E-state index in [2.05, 4.69) is 5.32 Å². The normalized spacial score (nSPS) is 13.7. The minimum Gasteiger partial charge on any atom is -0.444 e. The number of rotatable bonds is 8. The summed E-state index contributed by atoms with van der Waals surface area (Å²) in [6.45, 7) is 5.14. The number of esters is 1. The van der Waals surface area contributed by atoms with Gasteiger partial charge in [-0.15, -0.1) is 0 Å². The van der Waals surface area contributed by atoms with Crippen molar-refractivity contribution < 1.29 is 32.7 Å². The van der Waals surface area contributed by atoms with Crippen molar-refractivity contribution in [1.82, 2.24) is 5.32 Å². The molecule has 0 bridgehead atoms. The minimum absolute atomic E-state index is 0.246. The maximum Gasteiger partial charge on any atom is 0.408 e. The number of ether oxygens (including phenoxy) is 2. The third-order valence-corrected chi connectivity index (χ3v) is 6.22. The van der Waals surface area contributed by atoms with E-state index < -0.39 is 37.1 Å². The number of hydrogen-bond acceptors (Lipinski definition) is 7. The lowest BCUT2D eigenvalue weighted by atomic mass is 10.1. The molecule has 2 atom stereocenters. The number of alkyl carbamates (subject to hydrolysis) is 1. The highest BCUT2D eigenvalue weighted by Gasteiger charge is 2.45. The van der Waals surface area contributed by atoms with Crippen LogP contribution < -0.4 is 5.32 Å². The van der Waals surface area contributed by atoms with E-state index in [-0.39, 0.29) is 5.56 Å². The van der Waals surface area contributed by atoms with Crippen molar-refractivity contribution in [1.29, 1.82) is 0 Å². The average Bonchev–Trinajstić information content (AvgIpc) is 2.75. The summed E-state index contributed by atoms with van der Waals surface area (Å²) in [5.41, 5.74) is -0.00261. The highest BCUT2D eigenvalue weighted by molar-refractivity contribution is 7.54. The lowest BCUT2D eigenvalue weighted by Crippen LogP contribution is -2.41. The molecule has 168 valence electrons. The molecule has 0 fully saturated rings. The molecular formula is C22H28NO7P. The molecule has 31 heavy (non-hydrogen) atoms. The van der Waals surface area contributed by atoms with E-state index in [0.29, 0.717) is 5.56 Å². The fraction of sp³-hybridized carbons (Fsp3) is 0.364. The van der Waals surface area contributed by atoms with Gasteiger partial charge in [0.05, 0.1) is 5.56 Å². The molecular weight excluding hydrogens is 421 g/mol. The van der Waals surface area contributed by atoms with Gasteiger partial charge in [0.1, 0.15) is 11.6 Å². The molecule has 0 spiro atoms. The molecule has 0 unspecified atom stereocenters. The Hall–Kier alpha value is -2.67. The Morgan fingerprint density at radius 2 is 1.42 bits per heavy atom. The lowest BCUT2D eigenvalue weighted by Gasteiger charge is -2.32. The summed E-state index contributed by atoms with van der Waals surface area (Å²) >= 11 is 0. The first-order chi connectivity index (χ1) is 14.6. The van der Waals surface area contributed by atoms with E-state index in [1.807, 2.05) is 0 Å². The van der Waals surface area contributed by atoms with Gasteiger partial charge in [-0.2, -0.15) is 0 Å². The van der Waals surface area contributed by atoms with Gasteiger partial charge in [0.25, 0.3) is 0 Å². The van der Waals surface area contributed by atoms with E-state index in [1.165, 1.54) is 14.2 Å². The molecule has 8 nitrogen and oxygen atoms in total. The molecule has 1 amide bonds. The maximum absolute atomic E-state index is 13.4. The van der Waals surface area contributed by atoms with Gasteiger partial charge in [0, 0.05) is 14.2 Å². The van der Waals surface area contributed by atoms with Crippen molar-refractivity contribution >= 4 is 19.7 Å². The molecule has 0 aromatic heterocycles. The summed E-state index contributed by atoms with van der Waals surface area (Å²) in [6.07, 6.45) is -0.777. The zero-order chi connectivity index (χ0) is 23.1. The minimum atomic E-state index is -4.01. The summed E-state index contributed by atoms with van der Waals surface area (Å²) in [6, 6.07) is 15.8. The number of amides is 1. The number of hydrogen-bond donors (Lipinski definition) is 1. The fourth-order valence-corrected chi connectivity index (χ4v) is 4.16. The van der Waals surface area contributed by atoms with E-state index in [1.54, 1.807) is 81.4 Å². The van der Waals surface area contributed by atoms with Gasteiger partial charge < -0.3 is 23.8 Å². The van der Waals surface area contributed by atoms with Gasteiger partial charge in [-0.25, -0.2) is 9.59 Å². The third kappa shape index (κ3) is 6.92. The van der Waals surface area contributed by atoms with Crippen LogP contribution in [0.1, 0.15) is 42.7 Å². The maximum atomic E-state index is 13.4. The van der Waals surface area contributed by atoms with Crippen molar-refractivity contribution in [2.24, 2.45) is 0 Å². The molecule has 0 radical (unpaired) electrons. The Kier molecular flexibility index (Phi) is 8.39. The van der Waals surface area contributed by atoms with Crippen molar-refractivity contribution in [2.45, 2.75) is 38.3 Å². The molecule has 0 saturated heterocycles. The van der Waals surface area contributed by atoms with Crippen LogP contribution >= 0.6 is 7.60 Å². The van der Waals surface area contributed by atoms with Gasteiger partial charge in [0.15, 0.2) is 0 Å². The Morgan fingerprint density at radius 3 is 1.90 bits per heavy atom. The second kappa shape index (κ2) is 10.6. The first-order valence-electron chi connectivity index (χ1n) is 9.61. The van der Waals surface area contributed by atoms with E-state index in [9.17, 15) is 14.2 Å². The fourth-order valence-electron chi connectivity index (χ4n) is 2.76. The SMILES string of the molecule is COP(=O)(OC)[C@@H](OC(=O)c1ccccc1)[C@@H](NC(=O)OC(C)(C)C)c1ccccc1. The summed E-state index contributed by atoms with van der Waals surface area (Å²) in [4.78, 5) is 25.3. The molecule has 0 heterocycles. The van der Waals surface area contributed by atoms with Crippen LogP contribution in [0.3, 0.4) is 0 Å². The van der Waals surface area contributed by atoms with Crippen molar-refractivity contribution in [3.8, 4) is 0 Å². The largest absolute Gasteiger partial charge is 0.444 e. The van der Waals surface area contributed by atoms with Crippen LogP contribution in [0, 0.1) is 0 Å². The molecule has 0 aliphatic rings. The van der Waals surface area contributed by atoms with Gasteiger partial charge in [-0.05, 0) is 38.5 Å². The van der Waals surface area contributed by atoms with Crippen LogP contribution in [0.2, 0.25) is 0 Å². The van der Waals surface area contributed by atoms with Crippen molar-refractivity contribution in [3.63, 3.8) is 0 Å². The van der Waals surface area contributed by atoms with E-state index in [0.717, 1.165) is 0 Å². The first kappa shape index (κ1) is 24.6. The summed E-state index contributed by atoms with van der Waals surface area (Å²) < 4.78 is 34.6. The molecule has 0 aliphatic heterocycles. The molecule has 2 aromatic carbocycles. The lowest BCUT2D eigenvalue weighted by molar-refractivity contribution is 0.0240. The van der Waals surface area contributed by atoms with Crippen LogP contribution in [0.5, 0.6) is 0 Å². The van der Waals surface area contributed by atoms with E-state index in [4.69, 9.17) is 18.5 Å². The molecule has 0 aliphatic carbocycles. The molecule has 2 rings (SSSR count). The standard InChI is InChI=1S/C22H28NO7P/c1-22(2,3)30-21(25)23-18(16-12-8-6-9-13-16)20(31(26,27-4)28-5)29-19(24)17-14-10-7-11-15-17/h6-15,18,20H,1-5H3,(H,23,25)/t18-,20+/m0/s1. The summed E-state index contributed by atoms with van der Waals surface area (Å²) in [5.74, 6) is -2.23. The molecule has 0 saturated carbocycles. The van der Waals surface area contributed by atoms with Crippen molar-refractivity contribution in [2.75, 3.05) is 14.2 Å². The number of nitrogens with one attached hydrogen (secondary N) is 1. The predicted molar refractivity (Wildman–Crippen MR) is 116 cm³/mol. The quantitative estimate of drug-likeness (QED) is 0.451. The van der Waals surface area contributed by atoms with Gasteiger partial charge in [-0.3, -0.25) is 4.57 Å². The summed E-state index contributed by atoms with van der Waals surface area (Å²) in [7, 11) is -1.64. The Bertz CT molecular complexity index is 904. The molecule has 2 aromatic rings. The second-order valence-electron chi connectivity index (χ2n) is 7.60. The molecule has 9 heteroatoms. The van der Waals surface area contributed by atoms with Gasteiger partial charge in [-0.1, -0.05) is 48.5 Å². The zero-order valence-corrected chi connectivity index (χ0v) is 19.1. The van der Waals surface area contributed by atoms with Crippen LogP contribution in [0.15, 0.2) is 60.7 Å². The third-order valence-electron chi connectivity index (χ3n) is 4.17. The highest BCUT2D eigenvalue weighted by Crippen LogP contribution is 2.56. The Labute approximate surface area is 182 Å². The van der Waals surface area contributed by atoms with E-state index >= 15 is 0 Å². The highest BCUT2D eigenvalue weighted by atomic mass is 31.2. The first-order valence-corrected chi connectivity index (χ1v) is 11.2. The van der Waals surface area contributed by atoms with Crippen LogP contribution in [-0.2, 0) is 23.1 Å². The smallest absolute Gasteiger partial charge is 0.408 e. The van der Waals surface area contributed by atoms with Crippen molar-refractivity contribution in [3.05, 3.63) is 71.8 Å². The van der Waals surface area contributed by atoms with Gasteiger partial charge >= 0.3 is 19.7 Å². The second-order valence-corrected chi connectivity index (χ2v) is 9.92. The number of benzene rings is 2. The molecule has 1 N–H and O–H groups in total.